The summed E-state index contributed by atoms with van der Waals surface area (Å²) in [5.41, 5.74) is 2.78. The van der Waals surface area contributed by atoms with Crippen LogP contribution >= 0.6 is 12.6 Å². The van der Waals surface area contributed by atoms with Crippen LogP contribution in [0.2, 0.25) is 0 Å². The van der Waals surface area contributed by atoms with Crippen molar-refractivity contribution in [2.45, 2.75) is 66.2 Å². The summed E-state index contributed by atoms with van der Waals surface area (Å²) >= 11 is 4.62. The molecular formula is C19H32OS. The molecule has 0 fully saturated rings. The van der Waals surface area contributed by atoms with Crippen LogP contribution in [0.5, 0.6) is 5.75 Å². The lowest BCUT2D eigenvalue weighted by molar-refractivity contribution is 0.142. The molecule has 0 atom stereocenters. The van der Waals surface area contributed by atoms with Gasteiger partial charge >= 0.3 is 0 Å². The van der Waals surface area contributed by atoms with Gasteiger partial charge in [-0.2, -0.15) is 12.6 Å². The van der Waals surface area contributed by atoms with E-state index in [-0.39, 0.29) is 5.41 Å². The molecule has 0 N–H and O–H groups in total. The Morgan fingerprint density at radius 2 is 1.76 bits per heavy atom. The summed E-state index contributed by atoms with van der Waals surface area (Å²) in [6.45, 7) is 11.9. The summed E-state index contributed by atoms with van der Waals surface area (Å²) in [6.07, 6.45) is 4.75. The SMILES string of the molecule is CCCC(CS)(CCC)COc1cc(C)ccc1C(C)C. The van der Waals surface area contributed by atoms with E-state index in [2.05, 4.69) is 65.4 Å². The topological polar surface area (TPSA) is 9.23 Å². The molecule has 0 bridgehead atoms. The summed E-state index contributed by atoms with van der Waals surface area (Å²) in [6, 6.07) is 6.56. The van der Waals surface area contributed by atoms with E-state index in [9.17, 15) is 0 Å². The van der Waals surface area contributed by atoms with E-state index in [4.69, 9.17) is 4.74 Å². The van der Waals surface area contributed by atoms with Gasteiger partial charge in [0.15, 0.2) is 0 Å². The Balaban J connectivity index is 2.91. The Bertz CT molecular complexity index is 420. The van der Waals surface area contributed by atoms with Crippen molar-refractivity contribution in [1.29, 1.82) is 0 Å². The molecule has 1 nitrogen and oxygen atoms in total. The van der Waals surface area contributed by atoms with Crippen molar-refractivity contribution in [3.8, 4) is 5.75 Å². The first-order chi connectivity index (χ1) is 9.98. The lowest BCUT2D eigenvalue weighted by Gasteiger charge is -2.32. The van der Waals surface area contributed by atoms with E-state index in [0.29, 0.717) is 5.92 Å². The maximum Gasteiger partial charge on any atom is 0.123 e. The van der Waals surface area contributed by atoms with Crippen molar-refractivity contribution in [2.75, 3.05) is 12.4 Å². The Morgan fingerprint density at radius 3 is 2.24 bits per heavy atom. The van der Waals surface area contributed by atoms with Crippen molar-refractivity contribution >= 4 is 12.6 Å². The van der Waals surface area contributed by atoms with E-state index < -0.39 is 0 Å². The highest BCUT2D eigenvalue weighted by atomic mass is 32.1. The first-order valence-electron chi connectivity index (χ1n) is 8.32. The Hall–Kier alpha value is -0.630. The molecule has 0 aliphatic rings. The zero-order valence-electron chi connectivity index (χ0n) is 14.4. The summed E-state index contributed by atoms with van der Waals surface area (Å²) in [4.78, 5) is 0. The molecule has 0 saturated heterocycles. The van der Waals surface area contributed by atoms with Gasteiger partial charge in [-0.15, -0.1) is 0 Å². The van der Waals surface area contributed by atoms with E-state index in [1.54, 1.807) is 0 Å². The molecule has 1 aromatic carbocycles. The third-order valence-electron chi connectivity index (χ3n) is 4.22. The molecule has 0 amide bonds. The van der Waals surface area contributed by atoms with Gasteiger partial charge in [0.05, 0.1) is 6.61 Å². The van der Waals surface area contributed by atoms with Crippen molar-refractivity contribution < 1.29 is 4.74 Å². The van der Waals surface area contributed by atoms with Gasteiger partial charge in [-0.05, 0) is 48.6 Å². The largest absolute Gasteiger partial charge is 0.493 e. The molecule has 0 aliphatic carbocycles. The van der Waals surface area contributed by atoms with E-state index in [1.807, 2.05) is 0 Å². The second-order valence-corrected chi connectivity index (χ2v) is 6.96. The molecule has 0 saturated carbocycles. The smallest absolute Gasteiger partial charge is 0.123 e. The summed E-state index contributed by atoms with van der Waals surface area (Å²) in [5.74, 6) is 2.45. The number of hydrogen-bond acceptors (Lipinski definition) is 2. The Morgan fingerprint density at radius 1 is 1.14 bits per heavy atom. The van der Waals surface area contributed by atoms with Crippen molar-refractivity contribution in [3.63, 3.8) is 0 Å². The van der Waals surface area contributed by atoms with Crippen LogP contribution in [0.25, 0.3) is 0 Å². The second kappa shape index (κ2) is 8.73. The van der Waals surface area contributed by atoms with Gasteiger partial charge in [0.2, 0.25) is 0 Å². The van der Waals surface area contributed by atoms with Gasteiger partial charge in [-0.3, -0.25) is 0 Å². The van der Waals surface area contributed by atoms with Crippen molar-refractivity contribution in [3.05, 3.63) is 29.3 Å². The number of aryl methyl sites for hydroxylation is 1. The Kier molecular flexibility index (Phi) is 7.65. The zero-order chi connectivity index (χ0) is 15.9. The molecule has 21 heavy (non-hydrogen) atoms. The fraction of sp³-hybridized carbons (Fsp3) is 0.684. The highest BCUT2D eigenvalue weighted by molar-refractivity contribution is 7.80. The average Bonchev–Trinajstić information content (AvgIpc) is 2.45. The monoisotopic (exact) mass is 308 g/mol. The van der Waals surface area contributed by atoms with Crippen LogP contribution in [0.1, 0.15) is 70.4 Å². The highest BCUT2D eigenvalue weighted by Crippen LogP contribution is 2.34. The van der Waals surface area contributed by atoms with E-state index in [1.165, 1.54) is 36.8 Å². The average molecular weight is 309 g/mol. The molecule has 1 rings (SSSR count). The number of benzene rings is 1. The minimum atomic E-state index is 0.213. The maximum absolute atomic E-state index is 6.29. The normalized spacial score (nSPS) is 12.0. The zero-order valence-corrected chi connectivity index (χ0v) is 15.3. The molecule has 0 heterocycles. The fourth-order valence-corrected chi connectivity index (χ4v) is 3.42. The van der Waals surface area contributed by atoms with E-state index >= 15 is 0 Å². The van der Waals surface area contributed by atoms with Crippen LogP contribution in [-0.2, 0) is 0 Å². The predicted octanol–water partition coefficient (Wildman–Crippen LogP) is 6.01. The molecule has 0 aliphatic heterocycles. The van der Waals surface area contributed by atoms with Crippen LogP contribution in [0.3, 0.4) is 0 Å². The molecule has 0 spiro atoms. The van der Waals surface area contributed by atoms with Gasteiger partial charge in [0.1, 0.15) is 5.75 Å². The summed E-state index contributed by atoms with van der Waals surface area (Å²) < 4.78 is 6.29. The fourth-order valence-electron chi connectivity index (χ4n) is 3.01. The quantitative estimate of drug-likeness (QED) is 0.549. The maximum atomic E-state index is 6.29. The first kappa shape index (κ1) is 18.4. The summed E-state index contributed by atoms with van der Waals surface area (Å²) in [7, 11) is 0. The van der Waals surface area contributed by atoms with E-state index in [0.717, 1.165) is 18.1 Å². The predicted molar refractivity (Wildman–Crippen MR) is 96.9 cm³/mol. The third kappa shape index (κ3) is 5.25. The lowest BCUT2D eigenvalue weighted by atomic mass is 9.82. The number of ether oxygens (including phenoxy) is 1. The van der Waals surface area contributed by atoms with Crippen LogP contribution in [0.15, 0.2) is 18.2 Å². The minimum Gasteiger partial charge on any atom is -0.493 e. The highest BCUT2D eigenvalue weighted by Gasteiger charge is 2.28. The molecule has 0 radical (unpaired) electrons. The third-order valence-corrected chi connectivity index (χ3v) is 4.89. The molecule has 2 heteroatoms. The van der Waals surface area contributed by atoms with Gasteiger partial charge < -0.3 is 4.74 Å². The molecule has 1 aromatic rings. The van der Waals surface area contributed by atoms with Crippen LogP contribution < -0.4 is 4.74 Å². The molecule has 0 unspecified atom stereocenters. The van der Waals surface area contributed by atoms with Gasteiger partial charge in [0, 0.05) is 5.41 Å². The molecule has 0 aromatic heterocycles. The Labute approximate surface area is 136 Å². The van der Waals surface area contributed by atoms with Crippen LogP contribution in [0.4, 0.5) is 0 Å². The number of rotatable bonds is 9. The minimum absolute atomic E-state index is 0.213. The van der Waals surface area contributed by atoms with Crippen LogP contribution in [-0.4, -0.2) is 12.4 Å². The number of thiol groups is 1. The second-order valence-electron chi connectivity index (χ2n) is 6.64. The van der Waals surface area contributed by atoms with Gasteiger partial charge in [-0.25, -0.2) is 0 Å². The van der Waals surface area contributed by atoms with Crippen LogP contribution in [0, 0.1) is 12.3 Å². The first-order valence-corrected chi connectivity index (χ1v) is 8.95. The van der Waals surface area contributed by atoms with Gasteiger partial charge in [0.25, 0.3) is 0 Å². The number of hydrogen-bond donors (Lipinski definition) is 1. The standard InChI is InChI=1S/C19H32OS/c1-6-10-19(14-21,11-7-2)13-20-18-12-16(5)8-9-17(18)15(3)4/h8-9,12,15,21H,6-7,10-11,13-14H2,1-5H3. The van der Waals surface area contributed by atoms with Crippen molar-refractivity contribution in [2.24, 2.45) is 5.41 Å². The van der Waals surface area contributed by atoms with Crippen molar-refractivity contribution in [1.82, 2.24) is 0 Å². The molecule has 120 valence electrons. The molecular weight excluding hydrogens is 276 g/mol. The lowest BCUT2D eigenvalue weighted by Crippen LogP contribution is -2.30. The summed E-state index contributed by atoms with van der Waals surface area (Å²) in [5, 5.41) is 0. The van der Waals surface area contributed by atoms with Gasteiger partial charge in [-0.1, -0.05) is 52.7 Å².